The SMILES string of the molecule is COC(=O)CC1CCC2(CNC2)CO1.O=C(O)C(F)(F)F. The molecule has 9 heteroatoms. The van der Waals surface area contributed by atoms with Crippen LogP contribution in [0.1, 0.15) is 19.3 Å². The van der Waals surface area contributed by atoms with Gasteiger partial charge in [-0.1, -0.05) is 0 Å². The van der Waals surface area contributed by atoms with E-state index in [0.29, 0.717) is 11.8 Å². The number of methoxy groups -OCH3 is 1. The summed E-state index contributed by atoms with van der Waals surface area (Å²) < 4.78 is 42.0. The lowest BCUT2D eigenvalue weighted by atomic mass is 9.76. The number of rotatable bonds is 2. The van der Waals surface area contributed by atoms with Gasteiger partial charge in [0.15, 0.2) is 0 Å². The van der Waals surface area contributed by atoms with E-state index in [1.165, 1.54) is 13.5 Å². The largest absolute Gasteiger partial charge is 0.490 e. The van der Waals surface area contributed by atoms with Crippen LogP contribution in [0, 0.1) is 5.41 Å². The second kappa shape index (κ2) is 7.08. The summed E-state index contributed by atoms with van der Waals surface area (Å²) in [7, 11) is 1.42. The highest BCUT2D eigenvalue weighted by Crippen LogP contribution is 2.35. The number of nitrogens with one attached hydrogen (secondary N) is 1. The van der Waals surface area contributed by atoms with Crippen molar-refractivity contribution >= 4 is 11.9 Å². The number of carboxylic acid groups (broad SMARTS) is 1. The maximum Gasteiger partial charge on any atom is 0.490 e. The fourth-order valence-corrected chi connectivity index (χ4v) is 2.10. The van der Waals surface area contributed by atoms with Crippen LogP contribution in [0.4, 0.5) is 13.2 Å². The topological polar surface area (TPSA) is 84.9 Å². The zero-order valence-corrected chi connectivity index (χ0v) is 11.5. The van der Waals surface area contributed by atoms with Gasteiger partial charge < -0.3 is 19.9 Å². The minimum Gasteiger partial charge on any atom is -0.475 e. The third-order valence-electron chi connectivity index (χ3n) is 3.49. The molecule has 0 bridgehead atoms. The zero-order chi connectivity index (χ0) is 16.1. The normalized spacial score (nSPS) is 23.5. The van der Waals surface area contributed by atoms with Crippen LogP contribution in [0.3, 0.4) is 0 Å². The van der Waals surface area contributed by atoms with Crippen molar-refractivity contribution in [2.24, 2.45) is 5.41 Å². The minimum atomic E-state index is -5.08. The molecule has 2 fully saturated rings. The Morgan fingerprint density at radius 1 is 1.43 bits per heavy atom. The lowest BCUT2D eigenvalue weighted by Crippen LogP contribution is -2.58. The number of carboxylic acids is 1. The van der Waals surface area contributed by atoms with Gasteiger partial charge in [-0.15, -0.1) is 0 Å². The van der Waals surface area contributed by atoms with Crippen LogP contribution in [0.2, 0.25) is 0 Å². The molecule has 2 heterocycles. The van der Waals surface area contributed by atoms with E-state index in [9.17, 15) is 18.0 Å². The Hall–Kier alpha value is -1.35. The van der Waals surface area contributed by atoms with Crippen LogP contribution in [-0.4, -0.2) is 56.1 Å². The van der Waals surface area contributed by atoms with Crippen molar-refractivity contribution in [1.82, 2.24) is 5.32 Å². The molecule has 122 valence electrons. The molecule has 0 radical (unpaired) electrons. The lowest BCUT2D eigenvalue weighted by Gasteiger charge is -2.46. The Balaban J connectivity index is 0.000000270. The predicted molar refractivity (Wildman–Crippen MR) is 64.6 cm³/mol. The molecule has 2 N–H and O–H groups in total. The van der Waals surface area contributed by atoms with Gasteiger partial charge in [0.05, 0.1) is 26.2 Å². The minimum absolute atomic E-state index is 0.0775. The number of carbonyl (C=O) groups is 2. The number of hydrogen-bond acceptors (Lipinski definition) is 5. The van der Waals surface area contributed by atoms with Crippen molar-refractivity contribution < 1.29 is 37.3 Å². The van der Waals surface area contributed by atoms with Crippen LogP contribution < -0.4 is 5.32 Å². The van der Waals surface area contributed by atoms with Crippen molar-refractivity contribution in [3.05, 3.63) is 0 Å². The standard InChI is InChI=1S/C10H17NO3.C2HF3O2/c1-13-9(12)4-8-2-3-10(7-14-8)5-11-6-10;3-2(4,5)1(6)7/h8,11H,2-7H2,1H3;(H,6,7). The van der Waals surface area contributed by atoms with Gasteiger partial charge in [0.1, 0.15) is 0 Å². The molecule has 1 unspecified atom stereocenters. The van der Waals surface area contributed by atoms with E-state index in [1.54, 1.807) is 0 Å². The lowest BCUT2D eigenvalue weighted by molar-refractivity contribution is -0.192. The molecule has 2 saturated heterocycles. The van der Waals surface area contributed by atoms with Crippen molar-refractivity contribution in [3.63, 3.8) is 0 Å². The summed E-state index contributed by atoms with van der Waals surface area (Å²) in [6.07, 6.45) is -2.45. The second-order valence-electron chi connectivity index (χ2n) is 5.16. The van der Waals surface area contributed by atoms with Crippen LogP contribution in [0.15, 0.2) is 0 Å². The molecule has 6 nitrogen and oxygen atoms in total. The fraction of sp³-hybridized carbons (Fsp3) is 0.833. The van der Waals surface area contributed by atoms with Gasteiger partial charge in [-0.2, -0.15) is 13.2 Å². The predicted octanol–water partition coefficient (Wildman–Crippen LogP) is 0.951. The van der Waals surface area contributed by atoms with Crippen molar-refractivity contribution in [2.45, 2.75) is 31.5 Å². The Labute approximate surface area is 119 Å². The third-order valence-corrected chi connectivity index (χ3v) is 3.49. The van der Waals surface area contributed by atoms with Gasteiger partial charge in [0.25, 0.3) is 0 Å². The highest BCUT2D eigenvalue weighted by Gasteiger charge is 2.41. The van der Waals surface area contributed by atoms with E-state index in [0.717, 1.165) is 26.1 Å². The number of halogens is 3. The Kier molecular flexibility index (Phi) is 5.97. The molecule has 0 amide bonds. The molecule has 2 aliphatic heterocycles. The van der Waals surface area contributed by atoms with E-state index < -0.39 is 12.1 Å². The second-order valence-corrected chi connectivity index (χ2v) is 5.16. The number of ether oxygens (including phenoxy) is 2. The van der Waals surface area contributed by atoms with E-state index in [-0.39, 0.29) is 12.1 Å². The highest BCUT2D eigenvalue weighted by atomic mass is 19.4. The smallest absolute Gasteiger partial charge is 0.475 e. The summed E-state index contributed by atoms with van der Waals surface area (Å²) in [6.45, 7) is 2.93. The first-order valence-electron chi connectivity index (χ1n) is 6.38. The maximum atomic E-state index is 11.0. The molecular weight excluding hydrogens is 295 g/mol. The van der Waals surface area contributed by atoms with Crippen LogP contribution in [-0.2, 0) is 19.1 Å². The van der Waals surface area contributed by atoms with Crippen molar-refractivity contribution in [2.75, 3.05) is 26.8 Å². The first-order valence-corrected chi connectivity index (χ1v) is 6.38. The molecule has 0 saturated carbocycles. The van der Waals surface area contributed by atoms with Crippen molar-refractivity contribution in [3.8, 4) is 0 Å². The molecular formula is C12H18F3NO5. The zero-order valence-electron chi connectivity index (χ0n) is 11.5. The number of aliphatic carboxylic acids is 1. The summed E-state index contributed by atoms with van der Waals surface area (Å²) in [5, 5.41) is 10.4. The molecule has 0 aromatic rings. The first-order chi connectivity index (χ1) is 9.68. The van der Waals surface area contributed by atoms with Gasteiger partial charge in [-0.25, -0.2) is 4.79 Å². The van der Waals surface area contributed by atoms with Gasteiger partial charge in [-0.3, -0.25) is 4.79 Å². The summed E-state index contributed by atoms with van der Waals surface area (Å²) in [5.74, 6) is -2.93. The Morgan fingerprint density at radius 3 is 2.29 bits per heavy atom. The number of carbonyl (C=O) groups excluding carboxylic acids is 1. The number of hydrogen-bond donors (Lipinski definition) is 2. The third kappa shape index (κ3) is 5.50. The maximum absolute atomic E-state index is 11.0. The van der Waals surface area contributed by atoms with Crippen LogP contribution in [0.5, 0.6) is 0 Å². The molecule has 0 aromatic carbocycles. The van der Waals surface area contributed by atoms with E-state index >= 15 is 0 Å². The highest BCUT2D eigenvalue weighted by molar-refractivity contribution is 5.73. The van der Waals surface area contributed by atoms with Gasteiger partial charge >= 0.3 is 18.1 Å². The first kappa shape index (κ1) is 17.7. The molecule has 0 aromatic heterocycles. The molecule has 0 aliphatic carbocycles. The van der Waals surface area contributed by atoms with Crippen molar-refractivity contribution in [1.29, 1.82) is 0 Å². The average Bonchev–Trinajstić information content (AvgIpc) is 2.37. The number of alkyl halides is 3. The molecule has 1 atom stereocenters. The van der Waals surface area contributed by atoms with E-state index in [1.807, 2.05) is 0 Å². The Bertz CT molecular complexity index is 372. The molecule has 2 aliphatic rings. The van der Waals surface area contributed by atoms with E-state index in [4.69, 9.17) is 14.6 Å². The quantitative estimate of drug-likeness (QED) is 0.739. The Morgan fingerprint density at radius 2 is 2.00 bits per heavy atom. The summed E-state index contributed by atoms with van der Waals surface area (Å²) in [6, 6.07) is 0. The fourth-order valence-electron chi connectivity index (χ4n) is 2.10. The van der Waals surface area contributed by atoms with Crippen LogP contribution >= 0.6 is 0 Å². The van der Waals surface area contributed by atoms with Gasteiger partial charge in [-0.05, 0) is 12.8 Å². The van der Waals surface area contributed by atoms with Crippen LogP contribution in [0.25, 0.3) is 0 Å². The number of esters is 1. The van der Waals surface area contributed by atoms with Gasteiger partial charge in [0, 0.05) is 18.5 Å². The molecule has 21 heavy (non-hydrogen) atoms. The molecule has 2 rings (SSSR count). The molecule has 1 spiro atoms. The summed E-state index contributed by atoms with van der Waals surface area (Å²) in [4.78, 5) is 19.9. The summed E-state index contributed by atoms with van der Waals surface area (Å²) >= 11 is 0. The monoisotopic (exact) mass is 313 g/mol. The van der Waals surface area contributed by atoms with E-state index in [2.05, 4.69) is 10.1 Å². The summed E-state index contributed by atoms with van der Waals surface area (Å²) in [5.41, 5.74) is 0.382. The van der Waals surface area contributed by atoms with Gasteiger partial charge in [0.2, 0.25) is 0 Å². The average molecular weight is 313 g/mol.